The molecule has 0 spiro atoms. The van der Waals surface area contributed by atoms with Crippen molar-refractivity contribution in [1.82, 2.24) is 4.98 Å². The smallest absolute Gasteiger partial charge is 0.263 e. The van der Waals surface area contributed by atoms with Gasteiger partial charge >= 0.3 is 0 Å². The number of hydrogen-bond donors (Lipinski definition) is 1. The Hall–Kier alpha value is -3.40. The second-order valence-electron chi connectivity index (χ2n) is 5.27. The summed E-state index contributed by atoms with van der Waals surface area (Å²) in [6, 6.07) is 27.2. The topological polar surface area (TPSA) is 50.4 Å². The molecule has 0 unspecified atom stereocenters. The Bertz CT molecular complexity index is 1020. The Morgan fingerprint density at radius 1 is 0.750 bits per heavy atom. The van der Waals surface area contributed by atoms with Crippen LogP contribution in [0.2, 0.25) is 0 Å². The molecule has 1 N–H and O–H groups in total. The van der Waals surface area contributed by atoms with Gasteiger partial charge in [0, 0.05) is 5.69 Å². The lowest BCUT2D eigenvalue weighted by atomic mass is 10.3. The molecular weight excluding hydrogens is 298 g/mol. The van der Waals surface area contributed by atoms with Gasteiger partial charge in [-0.05, 0) is 36.4 Å². The first-order valence-corrected chi connectivity index (χ1v) is 7.70. The minimum Gasteiger partial charge on any atom is -0.434 e. The van der Waals surface area contributed by atoms with Crippen molar-refractivity contribution in [2.24, 2.45) is 4.99 Å². The van der Waals surface area contributed by atoms with Crippen LogP contribution in [0.5, 0.6) is 0 Å². The molecule has 0 saturated heterocycles. The fourth-order valence-electron chi connectivity index (χ4n) is 2.39. The fourth-order valence-corrected chi connectivity index (χ4v) is 2.39. The van der Waals surface area contributed by atoms with Gasteiger partial charge in [-0.1, -0.05) is 48.5 Å². The van der Waals surface area contributed by atoms with E-state index in [0.29, 0.717) is 17.0 Å². The van der Waals surface area contributed by atoms with E-state index in [0.717, 1.165) is 16.9 Å². The highest BCUT2D eigenvalue weighted by atomic mass is 16.3. The van der Waals surface area contributed by atoms with E-state index in [2.05, 4.69) is 15.3 Å². The number of nitrogens with zero attached hydrogens (tertiary/aromatic N) is 2. The molecule has 0 aliphatic carbocycles. The molecule has 0 radical (unpaired) electrons. The van der Waals surface area contributed by atoms with E-state index in [9.17, 15) is 0 Å². The number of nitrogens with one attached hydrogen (secondary N) is 1. The third-order valence-corrected chi connectivity index (χ3v) is 3.53. The molecule has 4 heteroatoms. The van der Waals surface area contributed by atoms with Crippen LogP contribution in [0, 0.1) is 0 Å². The highest BCUT2D eigenvalue weighted by molar-refractivity contribution is 5.73. The van der Waals surface area contributed by atoms with Crippen molar-refractivity contribution in [3.05, 3.63) is 90.5 Å². The average molecular weight is 313 g/mol. The van der Waals surface area contributed by atoms with Gasteiger partial charge in [0.1, 0.15) is 5.52 Å². The van der Waals surface area contributed by atoms with Crippen LogP contribution < -0.4 is 10.9 Å². The summed E-state index contributed by atoms with van der Waals surface area (Å²) >= 11 is 0. The maximum absolute atomic E-state index is 5.98. The molecule has 0 saturated carbocycles. The summed E-state index contributed by atoms with van der Waals surface area (Å²) in [4.78, 5) is 9.26. The van der Waals surface area contributed by atoms with Crippen molar-refractivity contribution >= 4 is 28.3 Å². The van der Waals surface area contributed by atoms with E-state index in [1.807, 2.05) is 84.9 Å². The van der Waals surface area contributed by atoms with Gasteiger partial charge in [0.15, 0.2) is 11.4 Å². The normalized spacial score (nSPS) is 11.6. The quantitative estimate of drug-likeness (QED) is 0.591. The first-order valence-electron chi connectivity index (χ1n) is 7.70. The fraction of sp³-hybridized carbons (Fsp3) is 0. The van der Waals surface area contributed by atoms with Gasteiger partial charge in [-0.25, -0.2) is 9.98 Å². The van der Waals surface area contributed by atoms with Crippen LogP contribution in [-0.4, -0.2) is 4.98 Å². The molecule has 0 fully saturated rings. The lowest BCUT2D eigenvalue weighted by molar-refractivity contribution is 0.542. The summed E-state index contributed by atoms with van der Waals surface area (Å²) in [6.07, 6.45) is 0. The largest absolute Gasteiger partial charge is 0.434 e. The van der Waals surface area contributed by atoms with Gasteiger partial charge in [-0.15, -0.1) is 0 Å². The van der Waals surface area contributed by atoms with Crippen molar-refractivity contribution in [1.29, 1.82) is 0 Å². The monoisotopic (exact) mass is 313 g/mol. The van der Waals surface area contributed by atoms with E-state index in [4.69, 9.17) is 4.42 Å². The number of rotatable bonds is 3. The van der Waals surface area contributed by atoms with Crippen molar-refractivity contribution in [2.45, 2.75) is 0 Å². The molecule has 4 rings (SSSR count). The lowest BCUT2D eigenvalue weighted by Crippen LogP contribution is -2.11. The first-order chi connectivity index (χ1) is 11.9. The van der Waals surface area contributed by atoms with Crippen LogP contribution in [0.15, 0.2) is 94.3 Å². The Balaban J connectivity index is 1.89. The van der Waals surface area contributed by atoms with Gasteiger partial charge in [0.2, 0.25) is 0 Å². The summed E-state index contributed by atoms with van der Waals surface area (Å²) in [6.45, 7) is 0. The molecule has 1 aromatic heterocycles. The van der Waals surface area contributed by atoms with Gasteiger partial charge in [-0.3, -0.25) is 0 Å². The summed E-state index contributed by atoms with van der Waals surface area (Å²) in [5.74, 6) is 0.587. The van der Waals surface area contributed by atoms with Gasteiger partial charge in [-0.2, -0.15) is 0 Å². The predicted octanol–water partition coefficient (Wildman–Crippen LogP) is 4.80. The minimum absolute atomic E-state index is 0.448. The van der Waals surface area contributed by atoms with E-state index < -0.39 is 0 Å². The molecule has 0 bridgehead atoms. The highest BCUT2D eigenvalue weighted by Gasteiger charge is 2.06. The summed E-state index contributed by atoms with van der Waals surface area (Å²) in [7, 11) is 0. The Kier molecular flexibility index (Phi) is 3.78. The molecule has 0 aliphatic rings. The Morgan fingerprint density at radius 2 is 1.42 bits per heavy atom. The average Bonchev–Trinajstić information content (AvgIpc) is 2.64. The molecule has 4 aromatic rings. The molecular formula is C20H15N3O. The number of hydrogen-bond acceptors (Lipinski definition) is 4. The number of para-hydroxylation sites is 4. The van der Waals surface area contributed by atoms with Crippen molar-refractivity contribution in [3.8, 4) is 0 Å². The van der Waals surface area contributed by atoms with E-state index >= 15 is 0 Å². The molecule has 0 amide bonds. The SMILES string of the molecule is c1ccc(N=c2oc3ccccc3nc2Nc2ccccc2)cc1. The zero-order valence-electron chi connectivity index (χ0n) is 12.9. The van der Waals surface area contributed by atoms with Crippen LogP contribution in [-0.2, 0) is 0 Å². The highest BCUT2D eigenvalue weighted by Crippen LogP contribution is 2.17. The van der Waals surface area contributed by atoms with Crippen LogP contribution in [0.4, 0.5) is 17.2 Å². The summed E-state index contributed by atoms with van der Waals surface area (Å²) < 4.78 is 5.98. The van der Waals surface area contributed by atoms with Crippen LogP contribution in [0.1, 0.15) is 0 Å². The Labute approximate surface area is 139 Å². The van der Waals surface area contributed by atoms with E-state index in [-0.39, 0.29) is 0 Å². The van der Waals surface area contributed by atoms with E-state index in [1.54, 1.807) is 0 Å². The second-order valence-corrected chi connectivity index (χ2v) is 5.27. The molecule has 0 aliphatic heterocycles. The molecule has 3 aromatic carbocycles. The molecule has 24 heavy (non-hydrogen) atoms. The van der Waals surface area contributed by atoms with Crippen LogP contribution >= 0.6 is 0 Å². The third-order valence-electron chi connectivity index (χ3n) is 3.53. The second kappa shape index (κ2) is 6.38. The minimum atomic E-state index is 0.448. The predicted molar refractivity (Wildman–Crippen MR) is 95.4 cm³/mol. The van der Waals surface area contributed by atoms with Crippen molar-refractivity contribution in [3.63, 3.8) is 0 Å². The molecule has 116 valence electrons. The van der Waals surface area contributed by atoms with Crippen LogP contribution in [0.3, 0.4) is 0 Å². The standard InChI is InChI=1S/C20H15N3O/c1-3-9-15(10-4-1)21-19-20(22-16-11-5-2-6-12-16)24-18-14-8-7-13-17(18)23-19/h1-14H,(H,21,23). The molecule has 0 atom stereocenters. The van der Waals surface area contributed by atoms with Crippen molar-refractivity contribution in [2.75, 3.05) is 5.32 Å². The number of fused-ring (bicyclic) bond motifs is 1. The summed E-state index contributed by atoms with van der Waals surface area (Å²) in [5.41, 5.74) is 3.67. The number of benzene rings is 3. The first kappa shape index (κ1) is 14.2. The van der Waals surface area contributed by atoms with Gasteiger partial charge in [0.05, 0.1) is 5.69 Å². The van der Waals surface area contributed by atoms with Crippen molar-refractivity contribution < 1.29 is 4.42 Å². The van der Waals surface area contributed by atoms with Crippen LogP contribution in [0.25, 0.3) is 11.1 Å². The lowest BCUT2D eigenvalue weighted by Gasteiger charge is -2.07. The molecule has 4 nitrogen and oxygen atoms in total. The maximum Gasteiger partial charge on any atom is 0.263 e. The Morgan fingerprint density at radius 3 is 2.21 bits per heavy atom. The summed E-state index contributed by atoms with van der Waals surface area (Å²) in [5, 5.41) is 3.29. The van der Waals surface area contributed by atoms with E-state index in [1.165, 1.54) is 0 Å². The zero-order chi connectivity index (χ0) is 16.2. The van der Waals surface area contributed by atoms with Gasteiger partial charge < -0.3 is 9.73 Å². The molecule has 1 heterocycles. The third kappa shape index (κ3) is 3.03. The number of aromatic nitrogens is 1. The number of anilines is 2. The maximum atomic E-state index is 5.98. The van der Waals surface area contributed by atoms with Gasteiger partial charge in [0.25, 0.3) is 5.55 Å². The zero-order valence-corrected chi connectivity index (χ0v) is 12.9.